The second-order valence-corrected chi connectivity index (χ2v) is 3.91. The molecule has 1 atom stereocenters. The number of aromatic nitrogens is 2. The van der Waals surface area contributed by atoms with Gasteiger partial charge in [-0.05, 0) is 31.5 Å². The number of nitrogen functional groups attached to an aromatic ring is 1. The van der Waals surface area contributed by atoms with Gasteiger partial charge in [0, 0.05) is 6.04 Å². The fourth-order valence-corrected chi connectivity index (χ4v) is 1.83. The lowest BCUT2D eigenvalue weighted by atomic mass is 10.2. The van der Waals surface area contributed by atoms with E-state index >= 15 is 0 Å². The monoisotopic (exact) mass is 214 g/mol. The molecule has 0 bridgehead atoms. The molecule has 0 aliphatic carbocycles. The fourth-order valence-electron chi connectivity index (χ4n) is 1.83. The lowest BCUT2D eigenvalue weighted by Crippen LogP contribution is -2.07. The summed E-state index contributed by atoms with van der Waals surface area (Å²) in [5, 5.41) is 8.88. The Morgan fingerprint density at radius 2 is 2.31 bits per heavy atom. The van der Waals surface area contributed by atoms with Crippen LogP contribution in [-0.2, 0) is 0 Å². The van der Waals surface area contributed by atoms with Crippen molar-refractivity contribution in [1.82, 2.24) is 9.55 Å². The van der Waals surface area contributed by atoms with Crippen LogP contribution < -0.4 is 5.73 Å². The molecule has 1 aromatic heterocycles. The SMILES string of the molecule is CCC(C)n1c(N)nc2ccc(C#N)cc21. The summed E-state index contributed by atoms with van der Waals surface area (Å²) in [7, 11) is 0. The molecule has 1 aromatic carbocycles. The van der Waals surface area contributed by atoms with Crippen molar-refractivity contribution < 1.29 is 0 Å². The molecule has 0 aliphatic rings. The Hall–Kier alpha value is -2.02. The van der Waals surface area contributed by atoms with Crippen molar-refractivity contribution in [2.75, 3.05) is 5.73 Å². The van der Waals surface area contributed by atoms with Crippen molar-refractivity contribution in [2.45, 2.75) is 26.3 Å². The smallest absolute Gasteiger partial charge is 0.201 e. The normalized spacial score (nSPS) is 12.6. The van der Waals surface area contributed by atoms with Crippen molar-refractivity contribution in [3.8, 4) is 6.07 Å². The molecule has 0 amide bonds. The van der Waals surface area contributed by atoms with Crippen LogP contribution in [0.1, 0.15) is 31.9 Å². The number of anilines is 1. The van der Waals surface area contributed by atoms with Crippen LogP contribution in [0.25, 0.3) is 11.0 Å². The predicted molar refractivity (Wildman–Crippen MR) is 63.9 cm³/mol. The summed E-state index contributed by atoms with van der Waals surface area (Å²) in [5.74, 6) is 0.513. The van der Waals surface area contributed by atoms with Crippen LogP contribution in [0.4, 0.5) is 5.95 Å². The molecule has 82 valence electrons. The van der Waals surface area contributed by atoms with Crippen LogP contribution in [0.5, 0.6) is 0 Å². The Labute approximate surface area is 94.3 Å². The summed E-state index contributed by atoms with van der Waals surface area (Å²) in [5.41, 5.74) is 8.31. The van der Waals surface area contributed by atoms with Gasteiger partial charge in [-0.1, -0.05) is 6.92 Å². The molecule has 0 radical (unpaired) electrons. The Bertz CT molecular complexity index is 562. The summed E-state index contributed by atoms with van der Waals surface area (Å²) < 4.78 is 1.98. The molecule has 0 spiro atoms. The van der Waals surface area contributed by atoms with E-state index in [0.717, 1.165) is 17.5 Å². The van der Waals surface area contributed by atoms with E-state index in [-0.39, 0.29) is 0 Å². The third-order valence-electron chi connectivity index (χ3n) is 2.88. The minimum atomic E-state index is 0.291. The summed E-state index contributed by atoms with van der Waals surface area (Å²) in [6, 6.07) is 7.86. The van der Waals surface area contributed by atoms with Gasteiger partial charge >= 0.3 is 0 Å². The van der Waals surface area contributed by atoms with Gasteiger partial charge in [0.05, 0.1) is 22.7 Å². The van der Waals surface area contributed by atoms with E-state index < -0.39 is 0 Å². The Balaban J connectivity index is 2.71. The van der Waals surface area contributed by atoms with Gasteiger partial charge in [0.25, 0.3) is 0 Å². The first-order chi connectivity index (χ1) is 7.67. The van der Waals surface area contributed by atoms with Crippen molar-refractivity contribution in [1.29, 1.82) is 5.26 Å². The Morgan fingerprint density at radius 3 is 2.94 bits per heavy atom. The minimum absolute atomic E-state index is 0.291. The molecule has 0 saturated carbocycles. The summed E-state index contributed by atoms with van der Waals surface area (Å²) in [6.07, 6.45) is 0.979. The van der Waals surface area contributed by atoms with Gasteiger partial charge in [-0.3, -0.25) is 0 Å². The maximum atomic E-state index is 8.88. The number of hydrogen-bond acceptors (Lipinski definition) is 3. The van der Waals surface area contributed by atoms with E-state index in [1.54, 1.807) is 6.07 Å². The maximum absolute atomic E-state index is 8.88. The first kappa shape index (κ1) is 10.5. The minimum Gasteiger partial charge on any atom is -0.369 e. The van der Waals surface area contributed by atoms with Crippen LogP contribution in [-0.4, -0.2) is 9.55 Å². The number of hydrogen-bond donors (Lipinski definition) is 1. The van der Waals surface area contributed by atoms with Gasteiger partial charge in [0.2, 0.25) is 5.95 Å². The number of nitrogens with zero attached hydrogens (tertiary/aromatic N) is 3. The van der Waals surface area contributed by atoms with Crippen LogP contribution in [0.3, 0.4) is 0 Å². The molecular formula is C12H14N4. The highest BCUT2D eigenvalue weighted by Gasteiger charge is 2.12. The molecule has 0 fully saturated rings. The predicted octanol–water partition coefficient (Wildman–Crippen LogP) is 2.46. The molecule has 1 unspecified atom stereocenters. The van der Waals surface area contributed by atoms with Crippen molar-refractivity contribution in [3.63, 3.8) is 0 Å². The summed E-state index contributed by atoms with van der Waals surface area (Å²) >= 11 is 0. The van der Waals surface area contributed by atoms with Crippen LogP contribution >= 0.6 is 0 Å². The van der Waals surface area contributed by atoms with Gasteiger partial charge in [0.1, 0.15) is 0 Å². The first-order valence-electron chi connectivity index (χ1n) is 5.35. The number of imidazole rings is 1. The maximum Gasteiger partial charge on any atom is 0.201 e. The zero-order chi connectivity index (χ0) is 11.7. The van der Waals surface area contributed by atoms with E-state index in [1.165, 1.54) is 0 Å². The molecule has 1 heterocycles. The largest absolute Gasteiger partial charge is 0.369 e. The number of nitrogens with two attached hydrogens (primary N) is 1. The van der Waals surface area contributed by atoms with E-state index in [0.29, 0.717) is 17.6 Å². The van der Waals surface area contributed by atoms with Gasteiger partial charge in [-0.15, -0.1) is 0 Å². The zero-order valence-corrected chi connectivity index (χ0v) is 9.44. The van der Waals surface area contributed by atoms with Gasteiger partial charge in [0.15, 0.2) is 0 Å². The zero-order valence-electron chi connectivity index (χ0n) is 9.44. The lowest BCUT2D eigenvalue weighted by molar-refractivity contribution is 0.552. The van der Waals surface area contributed by atoms with E-state index in [9.17, 15) is 0 Å². The van der Waals surface area contributed by atoms with Crippen molar-refractivity contribution >= 4 is 17.0 Å². The van der Waals surface area contributed by atoms with E-state index in [2.05, 4.69) is 24.9 Å². The number of benzene rings is 1. The molecule has 16 heavy (non-hydrogen) atoms. The van der Waals surface area contributed by atoms with Crippen molar-refractivity contribution in [2.24, 2.45) is 0 Å². The van der Waals surface area contributed by atoms with E-state index in [4.69, 9.17) is 11.0 Å². The second kappa shape index (κ2) is 3.86. The highest BCUT2D eigenvalue weighted by molar-refractivity contribution is 5.80. The number of nitriles is 1. The Kier molecular flexibility index (Phi) is 2.53. The summed E-state index contributed by atoms with van der Waals surface area (Å²) in [4.78, 5) is 4.29. The van der Waals surface area contributed by atoms with Gasteiger partial charge in [-0.2, -0.15) is 5.26 Å². The van der Waals surface area contributed by atoms with Crippen LogP contribution in [0, 0.1) is 11.3 Å². The molecule has 2 N–H and O–H groups in total. The molecule has 4 heteroatoms. The standard InChI is InChI=1S/C12H14N4/c1-3-8(2)16-11-6-9(7-13)4-5-10(11)15-12(16)14/h4-6,8H,3H2,1-2H3,(H2,14,15). The third kappa shape index (κ3) is 1.50. The number of fused-ring (bicyclic) bond motifs is 1. The second-order valence-electron chi connectivity index (χ2n) is 3.91. The molecule has 2 aromatic rings. The van der Waals surface area contributed by atoms with Gasteiger partial charge < -0.3 is 10.3 Å². The lowest BCUT2D eigenvalue weighted by Gasteiger charge is -2.13. The van der Waals surface area contributed by atoms with Gasteiger partial charge in [-0.25, -0.2) is 4.98 Å². The number of rotatable bonds is 2. The quantitative estimate of drug-likeness (QED) is 0.834. The van der Waals surface area contributed by atoms with Crippen molar-refractivity contribution in [3.05, 3.63) is 23.8 Å². The highest BCUT2D eigenvalue weighted by Crippen LogP contribution is 2.24. The molecule has 0 saturated heterocycles. The third-order valence-corrected chi connectivity index (χ3v) is 2.88. The summed E-state index contributed by atoms with van der Waals surface area (Å²) in [6.45, 7) is 4.20. The van der Waals surface area contributed by atoms with E-state index in [1.807, 2.05) is 16.7 Å². The Morgan fingerprint density at radius 1 is 1.56 bits per heavy atom. The highest BCUT2D eigenvalue weighted by atomic mass is 15.2. The van der Waals surface area contributed by atoms with Crippen LogP contribution in [0.15, 0.2) is 18.2 Å². The fraction of sp³-hybridized carbons (Fsp3) is 0.333. The average molecular weight is 214 g/mol. The molecular weight excluding hydrogens is 200 g/mol. The first-order valence-corrected chi connectivity index (χ1v) is 5.35. The molecule has 4 nitrogen and oxygen atoms in total. The molecule has 2 rings (SSSR count). The molecule has 0 aliphatic heterocycles. The van der Waals surface area contributed by atoms with Crippen LogP contribution in [0.2, 0.25) is 0 Å². The average Bonchev–Trinajstić information content (AvgIpc) is 2.63. The topological polar surface area (TPSA) is 67.6 Å².